The van der Waals surface area contributed by atoms with Gasteiger partial charge < -0.3 is 10.8 Å². The Morgan fingerprint density at radius 3 is 2.12 bits per heavy atom. The zero-order chi connectivity index (χ0) is 17.7. The molecule has 2 aromatic rings. The Bertz CT molecular complexity index is 860. The van der Waals surface area contributed by atoms with E-state index in [1.807, 2.05) is 0 Å². The van der Waals surface area contributed by atoms with Crippen LogP contribution in [0.3, 0.4) is 0 Å². The summed E-state index contributed by atoms with van der Waals surface area (Å²) in [5, 5.41) is 8.89. The van der Waals surface area contributed by atoms with E-state index in [0.29, 0.717) is 11.1 Å². The molecule has 0 atom stereocenters. The largest absolute Gasteiger partial charge is 0.481 e. The topological polar surface area (TPSA) is 127 Å². The number of nitrogens with one attached hydrogen (secondary N) is 1. The van der Waals surface area contributed by atoms with E-state index in [1.54, 1.807) is 24.3 Å². The first-order valence-electron chi connectivity index (χ1n) is 6.98. The number of carbonyl (C=O) groups excluding carboxylic acids is 1. The summed E-state index contributed by atoms with van der Waals surface area (Å²) in [6.45, 7) is -0.0383. The lowest BCUT2D eigenvalue weighted by Crippen LogP contribution is -2.24. The van der Waals surface area contributed by atoms with E-state index in [9.17, 15) is 18.0 Å². The summed E-state index contributed by atoms with van der Waals surface area (Å²) in [5.41, 5.74) is 6.44. The second-order valence-corrected chi connectivity index (χ2v) is 6.82. The number of rotatable bonds is 7. The van der Waals surface area contributed by atoms with Crippen molar-refractivity contribution in [3.05, 3.63) is 65.2 Å². The van der Waals surface area contributed by atoms with Crippen LogP contribution in [0.25, 0.3) is 0 Å². The predicted octanol–water partition coefficient (Wildman–Crippen LogP) is 0.891. The number of amides is 1. The predicted molar refractivity (Wildman–Crippen MR) is 86.8 cm³/mol. The summed E-state index contributed by atoms with van der Waals surface area (Å²) in [6, 6.07) is 11.9. The van der Waals surface area contributed by atoms with E-state index in [4.69, 9.17) is 10.8 Å². The van der Waals surface area contributed by atoms with Crippen LogP contribution in [0.15, 0.2) is 53.4 Å². The molecule has 0 aliphatic rings. The molecule has 1 amide bonds. The SMILES string of the molecule is NC(=O)c1ccc(S(=O)(=O)NCc2ccccc2CC(=O)O)cc1. The van der Waals surface area contributed by atoms with Gasteiger partial charge in [-0.2, -0.15) is 0 Å². The molecule has 0 radical (unpaired) electrons. The average Bonchev–Trinajstić information content (AvgIpc) is 2.53. The third kappa shape index (κ3) is 4.40. The number of hydrogen-bond acceptors (Lipinski definition) is 4. The minimum Gasteiger partial charge on any atom is -0.481 e. The van der Waals surface area contributed by atoms with E-state index < -0.39 is 21.9 Å². The van der Waals surface area contributed by atoms with Gasteiger partial charge in [-0.15, -0.1) is 0 Å². The fourth-order valence-corrected chi connectivity index (χ4v) is 3.13. The van der Waals surface area contributed by atoms with Crippen LogP contribution in [0.2, 0.25) is 0 Å². The lowest BCUT2D eigenvalue weighted by Gasteiger charge is -2.10. The van der Waals surface area contributed by atoms with Crippen LogP contribution in [0.5, 0.6) is 0 Å². The third-order valence-electron chi connectivity index (χ3n) is 3.36. The summed E-state index contributed by atoms with van der Waals surface area (Å²) in [5.74, 6) is -1.64. The van der Waals surface area contributed by atoms with Crippen LogP contribution in [0.1, 0.15) is 21.5 Å². The van der Waals surface area contributed by atoms with Gasteiger partial charge in [0.1, 0.15) is 0 Å². The molecule has 0 unspecified atom stereocenters. The molecule has 0 aromatic heterocycles. The Morgan fingerprint density at radius 1 is 1.00 bits per heavy atom. The second-order valence-electron chi connectivity index (χ2n) is 5.05. The van der Waals surface area contributed by atoms with E-state index in [2.05, 4.69) is 4.72 Å². The van der Waals surface area contributed by atoms with Gasteiger partial charge in [-0.25, -0.2) is 13.1 Å². The van der Waals surface area contributed by atoms with Gasteiger partial charge in [0, 0.05) is 12.1 Å². The zero-order valence-electron chi connectivity index (χ0n) is 12.6. The smallest absolute Gasteiger partial charge is 0.307 e. The maximum atomic E-state index is 12.3. The van der Waals surface area contributed by atoms with Crippen LogP contribution < -0.4 is 10.5 Å². The molecular formula is C16H16N2O5S. The molecule has 0 saturated heterocycles. The molecule has 126 valence electrons. The number of carbonyl (C=O) groups is 2. The lowest BCUT2D eigenvalue weighted by molar-refractivity contribution is -0.136. The van der Waals surface area contributed by atoms with Gasteiger partial charge in [-0.05, 0) is 35.4 Å². The molecule has 0 spiro atoms. The molecule has 0 heterocycles. The van der Waals surface area contributed by atoms with Crippen molar-refractivity contribution in [1.29, 1.82) is 0 Å². The molecule has 0 aliphatic carbocycles. The van der Waals surface area contributed by atoms with Gasteiger partial charge in [0.15, 0.2) is 0 Å². The highest BCUT2D eigenvalue weighted by molar-refractivity contribution is 7.89. The van der Waals surface area contributed by atoms with Crippen molar-refractivity contribution < 1.29 is 23.1 Å². The number of nitrogens with two attached hydrogens (primary N) is 1. The van der Waals surface area contributed by atoms with Crippen molar-refractivity contribution in [3.63, 3.8) is 0 Å². The van der Waals surface area contributed by atoms with Gasteiger partial charge in [0.05, 0.1) is 11.3 Å². The van der Waals surface area contributed by atoms with Crippen molar-refractivity contribution in [2.45, 2.75) is 17.9 Å². The maximum Gasteiger partial charge on any atom is 0.307 e. The molecule has 0 aliphatic heterocycles. The Morgan fingerprint density at radius 2 is 1.58 bits per heavy atom. The molecule has 0 fully saturated rings. The van der Waals surface area contributed by atoms with Gasteiger partial charge in [0.2, 0.25) is 15.9 Å². The molecule has 8 heteroatoms. The fraction of sp³-hybridized carbons (Fsp3) is 0.125. The quantitative estimate of drug-likeness (QED) is 0.685. The normalized spacial score (nSPS) is 11.2. The molecular weight excluding hydrogens is 332 g/mol. The van der Waals surface area contributed by atoms with Crippen molar-refractivity contribution in [1.82, 2.24) is 4.72 Å². The molecule has 2 aromatic carbocycles. The Hall–Kier alpha value is -2.71. The number of benzene rings is 2. The van der Waals surface area contributed by atoms with Crippen molar-refractivity contribution >= 4 is 21.9 Å². The summed E-state index contributed by atoms with van der Waals surface area (Å²) in [6.07, 6.45) is -0.189. The summed E-state index contributed by atoms with van der Waals surface area (Å²) < 4.78 is 27.0. The summed E-state index contributed by atoms with van der Waals surface area (Å²) >= 11 is 0. The molecule has 2 rings (SSSR count). The fourth-order valence-electron chi connectivity index (χ4n) is 2.12. The van der Waals surface area contributed by atoms with Gasteiger partial charge in [0.25, 0.3) is 0 Å². The van der Waals surface area contributed by atoms with Gasteiger partial charge in [-0.1, -0.05) is 24.3 Å². The van der Waals surface area contributed by atoms with Crippen LogP contribution in [-0.4, -0.2) is 25.4 Å². The third-order valence-corrected chi connectivity index (χ3v) is 4.78. The van der Waals surface area contributed by atoms with Crippen LogP contribution in [-0.2, 0) is 27.8 Å². The molecule has 0 saturated carbocycles. The Balaban J connectivity index is 2.16. The first kappa shape index (κ1) is 17.6. The van der Waals surface area contributed by atoms with Gasteiger partial charge in [-0.3, -0.25) is 9.59 Å². The zero-order valence-corrected chi connectivity index (χ0v) is 13.4. The average molecular weight is 348 g/mol. The number of aliphatic carboxylic acids is 1. The number of hydrogen-bond donors (Lipinski definition) is 3. The van der Waals surface area contributed by atoms with Gasteiger partial charge >= 0.3 is 5.97 Å². The van der Waals surface area contributed by atoms with Crippen molar-refractivity contribution in [2.24, 2.45) is 5.73 Å². The molecule has 0 bridgehead atoms. The number of sulfonamides is 1. The number of primary amides is 1. The van der Waals surface area contributed by atoms with Crippen LogP contribution >= 0.6 is 0 Å². The van der Waals surface area contributed by atoms with Crippen LogP contribution in [0, 0.1) is 0 Å². The molecule has 24 heavy (non-hydrogen) atoms. The highest BCUT2D eigenvalue weighted by Crippen LogP contribution is 2.13. The molecule has 7 nitrogen and oxygen atoms in total. The maximum absolute atomic E-state index is 12.3. The van der Waals surface area contributed by atoms with Crippen LogP contribution in [0.4, 0.5) is 0 Å². The van der Waals surface area contributed by atoms with E-state index >= 15 is 0 Å². The minimum atomic E-state index is -3.80. The second kappa shape index (κ2) is 7.24. The Kier molecular flexibility index (Phi) is 5.32. The van der Waals surface area contributed by atoms with E-state index in [-0.39, 0.29) is 23.4 Å². The number of carboxylic acids is 1. The summed E-state index contributed by atoms with van der Waals surface area (Å²) in [4.78, 5) is 21.9. The monoisotopic (exact) mass is 348 g/mol. The first-order chi connectivity index (χ1) is 11.3. The highest BCUT2D eigenvalue weighted by atomic mass is 32.2. The lowest BCUT2D eigenvalue weighted by atomic mass is 10.1. The van der Waals surface area contributed by atoms with E-state index in [0.717, 1.165) is 0 Å². The van der Waals surface area contributed by atoms with E-state index in [1.165, 1.54) is 24.3 Å². The van der Waals surface area contributed by atoms with Crippen molar-refractivity contribution in [2.75, 3.05) is 0 Å². The standard InChI is InChI=1S/C16H16N2O5S/c17-16(21)11-5-7-14(8-6-11)24(22,23)18-10-13-4-2-1-3-12(13)9-15(19)20/h1-8,18H,9-10H2,(H2,17,21)(H,19,20). The minimum absolute atomic E-state index is 0.0109. The Labute approximate surface area is 139 Å². The highest BCUT2D eigenvalue weighted by Gasteiger charge is 2.15. The molecule has 4 N–H and O–H groups in total. The summed E-state index contributed by atoms with van der Waals surface area (Å²) in [7, 11) is -3.80. The number of carboxylic acid groups (broad SMARTS) is 1. The van der Waals surface area contributed by atoms with Crippen molar-refractivity contribution in [3.8, 4) is 0 Å². The first-order valence-corrected chi connectivity index (χ1v) is 8.46.